The van der Waals surface area contributed by atoms with E-state index in [0.717, 1.165) is 11.9 Å². The molecular weight excluding hydrogens is 252 g/mol. The Labute approximate surface area is 106 Å². The van der Waals surface area contributed by atoms with Gasteiger partial charge in [0.15, 0.2) is 6.29 Å². The Morgan fingerprint density at radius 1 is 1.39 bits per heavy atom. The molecule has 0 saturated carbocycles. The number of carbonyl (C=O) groups is 1. The number of aryl methyl sites for hydroxylation is 1. The van der Waals surface area contributed by atoms with Crippen LogP contribution in [0.3, 0.4) is 0 Å². The molecule has 0 N–H and O–H groups in total. The standard InChI is InChI=1S/C10H8N6OS/c1-15-10(12-13-14-15)18-9-7(6-17)16-5-3-2-4-8(16)11-9/h2-6H,1H3. The van der Waals surface area contributed by atoms with Crippen molar-refractivity contribution in [2.24, 2.45) is 7.05 Å². The Bertz CT molecular complexity index is 718. The van der Waals surface area contributed by atoms with Crippen molar-refractivity contribution in [3.05, 3.63) is 30.1 Å². The molecule has 90 valence electrons. The van der Waals surface area contributed by atoms with Gasteiger partial charge in [-0.15, -0.1) is 5.10 Å². The highest BCUT2D eigenvalue weighted by Crippen LogP contribution is 2.27. The highest BCUT2D eigenvalue weighted by Gasteiger charge is 2.15. The zero-order chi connectivity index (χ0) is 12.5. The highest BCUT2D eigenvalue weighted by molar-refractivity contribution is 7.99. The van der Waals surface area contributed by atoms with Crippen LogP contribution in [0.4, 0.5) is 0 Å². The monoisotopic (exact) mass is 260 g/mol. The van der Waals surface area contributed by atoms with E-state index in [1.54, 1.807) is 17.6 Å². The average Bonchev–Trinajstić information content (AvgIpc) is 2.93. The molecular formula is C10H8N6OS. The molecule has 3 aromatic rings. The van der Waals surface area contributed by atoms with E-state index in [1.165, 1.54) is 16.4 Å². The number of carbonyl (C=O) groups excluding carboxylic acids is 1. The molecule has 0 radical (unpaired) electrons. The maximum atomic E-state index is 11.2. The fourth-order valence-electron chi connectivity index (χ4n) is 1.57. The summed E-state index contributed by atoms with van der Waals surface area (Å²) >= 11 is 1.26. The molecule has 3 heterocycles. The van der Waals surface area contributed by atoms with Crippen LogP contribution in [-0.2, 0) is 7.05 Å². The summed E-state index contributed by atoms with van der Waals surface area (Å²) in [5.74, 6) is 0. The number of tetrazole rings is 1. The zero-order valence-corrected chi connectivity index (χ0v) is 10.2. The van der Waals surface area contributed by atoms with Gasteiger partial charge in [0.05, 0.1) is 0 Å². The van der Waals surface area contributed by atoms with Gasteiger partial charge in [0.1, 0.15) is 16.4 Å². The van der Waals surface area contributed by atoms with E-state index in [4.69, 9.17) is 0 Å². The van der Waals surface area contributed by atoms with E-state index < -0.39 is 0 Å². The van der Waals surface area contributed by atoms with Crippen LogP contribution in [-0.4, -0.2) is 35.9 Å². The summed E-state index contributed by atoms with van der Waals surface area (Å²) < 4.78 is 3.27. The van der Waals surface area contributed by atoms with Crippen molar-refractivity contribution in [1.29, 1.82) is 0 Å². The fourth-order valence-corrected chi connectivity index (χ4v) is 2.38. The minimum atomic E-state index is 0.499. The molecule has 3 rings (SSSR count). The molecule has 0 saturated heterocycles. The Kier molecular flexibility index (Phi) is 2.56. The van der Waals surface area contributed by atoms with Crippen molar-refractivity contribution in [2.75, 3.05) is 0 Å². The molecule has 7 nitrogen and oxygen atoms in total. The molecule has 0 aliphatic heterocycles. The molecule has 8 heteroatoms. The van der Waals surface area contributed by atoms with Crippen molar-refractivity contribution in [1.82, 2.24) is 29.6 Å². The SMILES string of the molecule is Cn1nnnc1Sc1nc2ccccn2c1C=O. The normalized spacial score (nSPS) is 10.9. The van der Waals surface area contributed by atoms with Crippen molar-refractivity contribution in [3.8, 4) is 0 Å². The van der Waals surface area contributed by atoms with Crippen molar-refractivity contribution < 1.29 is 4.79 Å². The average molecular weight is 260 g/mol. The molecule has 0 aliphatic rings. The van der Waals surface area contributed by atoms with Crippen molar-refractivity contribution in [3.63, 3.8) is 0 Å². The molecule has 0 unspecified atom stereocenters. The first-order valence-electron chi connectivity index (χ1n) is 5.12. The maximum absolute atomic E-state index is 11.2. The fraction of sp³-hybridized carbons (Fsp3) is 0.100. The highest BCUT2D eigenvalue weighted by atomic mass is 32.2. The Morgan fingerprint density at radius 3 is 3.00 bits per heavy atom. The minimum Gasteiger partial charge on any atom is -0.296 e. The van der Waals surface area contributed by atoms with Crippen LogP contribution in [0.25, 0.3) is 5.65 Å². The number of imidazole rings is 1. The predicted octanol–water partition coefficient (Wildman–Crippen LogP) is 0.821. The largest absolute Gasteiger partial charge is 0.296 e. The summed E-state index contributed by atoms with van der Waals surface area (Å²) in [6.45, 7) is 0. The third-order valence-electron chi connectivity index (χ3n) is 2.41. The van der Waals surface area contributed by atoms with Gasteiger partial charge in [0.2, 0.25) is 5.16 Å². The lowest BCUT2D eigenvalue weighted by atomic mass is 10.4. The van der Waals surface area contributed by atoms with Gasteiger partial charge < -0.3 is 0 Å². The van der Waals surface area contributed by atoms with Gasteiger partial charge in [-0.3, -0.25) is 9.20 Å². The van der Waals surface area contributed by atoms with E-state index in [9.17, 15) is 4.79 Å². The number of hydrogen-bond acceptors (Lipinski definition) is 6. The summed E-state index contributed by atoms with van der Waals surface area (Å²) in [4.78, 5) is 15.6. The Morgan fingerprint density at radius 2 is 2.28 bits per heavy atom. The molecule has 0 aliphatic carbocycles. The van der Waals surface area contributed by atoms with E-state index in [0.29, 0.717) is 15.9 Å². The number of aromatic nitrogens is 6. The first kappa shape index (κ1) is 10.9. The van der Waals surface area contributed by atoms with Gasteiger partial charge in [-0.2, -0.15) is 0 Å². The topological polar surface area (TPSA) is 78.0 Å². The summed E-state index contributed by atoms with van der Waals surface area (Å²) in [7, 11) is 1.73. The molecule has 18 heavy (non-hydrogen) atoms. The smallest absolute Gasteiger partial charge is 0.215 e. The van der Waals surface area contributed by atoms with Gasteiger partial charge in [0, 0.05) is 13.2 Å². The molecule has 0 aromatic carbocycles. The third-order valence-corrected chi connectivity index (χ3v) is 3.44. The number of rotatable bonds is 3. The summed E-state index contributed by atoms with van der Waals surface area (Å²) in [6.07, 6.45) is 2.58. The predicted molar refractivity (Wildman–Crippen MR) is 63.5 cm³/mol. The minimum absolute atomic E-state index is 0.499. The van der Waals surface area contributed by atoms with Gasteiger partial charge in [-0.1, -0.05) is 6.07 Å². The number of aldehydes is 1. The Balaban J connectivity index is 2.11. The number of hydrogen-bond donors (Lipinski definition) is 0. The van der Waals surface area contributed by atoms with Crippen molar-refractivity contribution in [2.45, 2.75) is 10.2 Å². The second-order valence-corrected chi connectivity index (χ2v) is 4.49. The van der Waals surface area contributed by atoms with E-state index in [2.05, 4.69) is 20.5 Å². The number of nitrogens with zero attached hydrogens (tertiary/aromatic N) is 6. The molecule has 0 amide bonds. The lowest BCUT2D eigenvalue weighted by Crippen LogP contribution is -1.94. The van der Waals surface area contributed by atoms with E-state index >= 15 is 0 Å². The van der Waals surface area contributed by atoms with Crippen molar-refractivity contribution >= 4 is 23.7 Å². The van der Waals surface area contributed by atoms with Gasteiger partial charge in [0.25, 0.3) is 0 Å². The molecule has 3 aromatic heterocycles. The van der Waals surface area contributed by atoms with Gasteiger partial charge in [-0.05, 0) is 34.3 Å². The van der Waals surface area contributed by atoms with E-state index in [-0.39, 0.29) is 0 Å². The van der Waals surface area contributed by atoms with Crippen LogP contribution in [0.5, 0.6) is 0 Å². The lowest BCUT2D eigenvalue weighted by molar-refractivity contribution is 0.111. The van der Waals surface area contributed by atoms with E-state index in [1.807, 2.05) is 18.2 Å². The van der Waals surface area contributed by atoms with Crippen LogP contribution in [0.2, 0.25) is 0 Å². The van der Waals surface area contributed by atoms with Gasteiger partial charge >= 0.3 is 0 Å². The summed E-state index contributed by atoms with van der Waals surface area (Å²) in [6, 6.07) is 5.56. The second kappa shape index (κ2) is 4.22. The Hall–Kier alpha value is -2.22. The lowest BCUT2D eigenvalue weighted by Gasteiger charge is -1.96. The number of pyridine rings is 1. The van der Waals surface area contributed by atoms with Crippen LogP contribution in [0, 0.1) is 0 Å². The third kappa shape index (κ3) is 1.66. The maximum Gasteiger partial charge on any atom is 0.215 e. The van der Waals surface area contributed by atoms with Crippen LogP contribution in [0.15, 0.2) is 34.6 Å². The molecule has 0 bridgehead atoms. The molecule has 0 atom stereocenters. The van der Waals surface area contributed by atoms with Gasteiger partial charge in [-0.25, -0.2) is 9.67 Å². The van der Waals surface area contributed by atoms with Crippen LogP contribution < -0.4 is 0 Å². The molecule has 0 fully saturated rings. The first-order chi connectivity index (χ1) is 8.79. The summed E-state index contributed by atoms with van der Waals surface area (Å²) in [5.41, 5.74) is 1.22. The number of fused-ring (bicyclic) bond motifs is 1. The quantitative estimate of drug-likeness (QED) is 0.649. The summed E-state index contributed by atoms with van der Waals surface area (Å²) in [5, 5.41) is 12.3. The first-order valence-corrected chi connectivity index (χ1v) is 5.93. The molecule has 0 spiro atoms. The zero-order valence-electron chi connectivity index (χ0n) is 9.39. The van der Waals surface area contributed by atoms with Crippen LogP contribution in [0.1, 0.15) is 10.5 Å². The van der Waals surface area contributed by atoms with Crippen LogP contribution >= 0.6 is 11.8 Å². The second-order valence-electron chi connectivity index (χ2n) is 3.54.